The highest BCUT2D eigenvalue weighted by Gasteiger charge is 2.65. The second-order valence-corrected chi connectivity index (χ2v) is 7.83. The molecule has 0 aromatic heterocycles. The van der Waals surface area contributed by atoms with Crippen LogP contribution in [0.5, 0.6) is 0 Å². The van der Waals surface area contributed by atoms with Crippen molar-refractivity contribution in [1.82, 2.24) is 0 Å². The average Bonchev–Trinajstić information content (AvgIpc) is 3.11. The van der Waals surface area contributed by atoms with Gasteiger partial charge in [0.05, 0.1) is 18.1 Å². The first kappa shape index (κ1) is 23.4. The van der Waals surface area contributed by atoms with Crippen molar-refractivity contribution in [3.8, 4) is 11.8 Å². The molecule has 2 aliphatic rings. The van der Waals surface area contributed by atoms with Gasteiger partial charge in [0.15, 0.2) is 5.76 Å². The van der Waals surface area contributed by atoms with Crippen LogP contribution in [-0.2, 0) is 9.53 Å². The first-order chi connectivity index (χ1) is 13.6. The topological polar surface area (TPSA) is 87.0 Å². The normalized spacial score (nSPS) is 31.9. The highest BCUT2D eigenvalue weighted by molar-refractivity contribution is 5.66. The number of hydrogen-bond acceptors (Lipinski definition) is 4. The number of aliphatic hydroxyl groups is 2. The van der Waals surface area contributed by atoms with Crippen LogP contribution in [0.15, 0.2) is 24.5 Å². The van der Waals surface area contributed by atoms with E-state index in [2.05, 4.69) is 18.4 Å². The predicted molar refractivity (Wildman–Crippen MR) is 104 cm³/mol. The molecule has 3 N–H and O–H groups in total. The van der Waals surface area contributed by atoms with Crippen LogP contribution >= 0.6 is 0 Å². The zero-order valence-corrected chi connectivity index (χ0v) is 16.9. The Kier molecular flexibility index (Phi) is 7.84. The third kappa shape index (κ3) is 4.99. The molecule has 2 fully saturated rings. The van der Waals surface area contributed by atoms with Gasteiger partial charge < -0.3 is 20.1 Å². The molecule has 1 aliphatic heterocycles. The minimum absolute atomic E-state index is 0.0681. The smallest absolute Gasteiger partial charge is 0.310 e. The predicted octanol–water partition coefficient (Wildman–Crippen LogP) is 3.37. The van der Waals surface area contributed by atoms with E-state index in [1.54, 1.807) is 6.92 Å². The molecule has 0 aromatic carbocycles. The van der Waals surface area contributed by atoms with Gasteiger partial charge in [-0.1, -0.05) is 25.8 Å². The maximum absolute atomic E-state index is 15.3. The number of hydrogen-bond donors (Lipinski definition) is 3. The van der Waals surface area contributed by atoms with E-state index in [0.29, 0.717) is 6.42 Å². The molecule has 7 heteroatoms. The summed E-state index contributed by atoms with van der Waals surface area (Å²) in [5.74, 6) is -2.04. The maximum atomic E-state index is 15.3. The van der Waals surface area contributed by atoms with Gasteiger partial charge in [0.25, 0.3) is 0 Å². The van der Waals surface area contributed by atoms with Crippen molar-refractivity contribution in [2.24, 2.45) is 23.7 Å². The first-order valence-corrected chi connectivity index (χ1v) is 10.1. The number of halogens is 2. The van der Waals surface area contributed by atoms with Gasteiger partial charge in [0, 0.05) is 31.1 Å². The number of allylic oxidation sites excluding steroid dienone is 2. The van der Waals surface area contributed by atoms with Crippen molar-refractivity contribution < 1.29 is 33.6 Å². The molecular formula is C22H30F2O5. The van der Waals surface area contributed by atoms with Crippen LogP contribution in [0.4, 0.5) is 8.78 Å². The van der Waals surface area contributed by atoms with Gasteiger partial charge in [0.1, 0.15) is 6.10 Å². The van der Waals surface area contributed by atoms with Crippen LogP contribution < -0.4 is 0 Å². The lowest BCUT2D eigenvalue weighted by Gasteiger charge is -2.34. The molecular weight excluding hydrogens is 382 g/mol. The van der Waals surface area contributed by atoms with E-state index < -0.39 is 59.6 Å². The SMILES string of the molecule is C=C[C@@H](O)C(C)C(C#CCC)[C@@H]1[C@@H]2[C@H](C[C@H]1O)OC(=CCCCC(=O)O)C2(F)F. The van der Waals surface area contributed by atoms with Crippen LogP contribution in [0.1, 0.15) is 46.0 Å². The highest BCUT2D eigenvalue weighted by Crippen LogP contribution is 2.56. The number of carboxylic acids is 1. The highest BCUT2D eigenvalue weighted by atomic mass is 19.3. The Balaban J connectivity index is 2.30. The lowest BCUT2D eigenvalue weighted by molar-refractivity contribution is -0.137. The van der Waals surface area contributed by atoms with Gasteiger partial charge in [-0.3, -0.25) is 4.79 Å². The molecule has 1 saturated heterocycles. The molecule has 1 heterocycles. The van der Waals surface area contributed by atoms with E-state index in [1.165, 1.54) is 12.2 Å². The van der Waals surface area contributed by atoms with Crippen LogP contribution in [0.2, 0.25) is 0 Å². The average molecular weight is 412 g/mol. The zero-order valence-electron chi connectivity index (χ0n) is 16.9. The third-order valence-electron chi connectivity index (χ3n) is 5.89. The van der Waals surface area contributed by atoms with Crippen molar-refractivity contribution in [1.29, 1.82) is 0 Å². The lowest BCUT2D eigenvalue weighted by Crippen LogP contribution is -2.41. The molecule has 1 saturated carbocycles. The summed E-state index contributed by atoms with van der Waals surface area (Å²) >= 11 is 0. The molecule has 0 radical (unpaired) electrons. The summed E-state index contributed by atoms with van der Waals surface area (Å²) < 4.78 is 36.0. The molecule has 0 amide bonds. The molecule has 0 aromatic rings. The van der Waals surface area contributed by atoms with Crippen molar-refractivity contribution in [3.05, 3.63) is 24.5 Å². The summed E-state index contributed by atoms with van der Waals surface area (Å²) in [6.45, 7) is 7.13. The quantitative estimate of drug-likeness (QED) is 0.323. The molecule has 2 rings (SSSR count). The number of unbranched alkanes of at least 4 members (excludes halogenated alkanes) is 1. The minimum Gasteiger partial charge on any atom is -0.488 e. The van der Waals surface area contributed by atoms with Crippen molar-refractivity contribution in [2.45, 2.75) is 70.2 Å². The van der Waals surface area contributed by atoms with Gasteiger partial charge in [0.2, 0.25) is 0 Å². The van der Waals surface area contributed by atoms with Gasteiger partial charge in [-0.15, -0.1) is 12.5 Å². The summed E-state index contributed by atoms with van der Waals surface area (Å²) in [6.07, 6.45) is 0.746. The van der Waals surface area contributed by atoms with Crippen LogP contribution in [0, 0.1) is 35.5 Å². The summed E-state index contributed by atoms with van der Waals surface area (Å²) in [5, 5.41) is 29.5. The summed E-state index contributed by atoms with van der Waals surface area (Å²) in [6, 6.07) is 0. The number of carboxylic acid groups (broad SMARTS) is 1. The van der Waals surface area contributed by atoms with E-state index in [9.17, 15) is 15.0 Å². The molecule has 0 spiro atoms. The van der Waals surface area contributed by atoms with E-state index in [4.69, 9.17) is 9.84 Å². The Morgan fingerprint density at radius 3 is 2.76 bits per heavy atom. The monoisotopic (exact) mass is 412 g/mol. The number of aliphatic carboxylic acids is 1. The minimum atomic E-state index is -3.29. The lowest BCUT2D eigenvalue weighted by atomic mass is 9.72. The summed E-state index contributed by atoms with van der Waals surface area (Å²) in [5.41, 5.74) is 0. The number of alkyl halides is 2. The Morgan fingerprint density at radius 2 is 2.17 bits per heavy atom. The van der Waals surface area contributed by atoms with Crippen LogP contribution in [0.25, 0.3) is 0 Å². The van der Waals surface area contributed by atoms with Gasteiger partial charge in [-0.05, 0) is 24.8 Å². The molecule has 1 aliphatic carbocycles. The Morgan fingerprint density at radius 1 is 1.48 bits per heavy atom. The number of rotatable bonds is 8. The largest absolute Gasteiger partial charge is 0.488 e. The zero-order chi connectivity index (χ0) is 21.8. The number of aliphatic hydroxyl groups excluding tert-OH is 2. The Bertz CT molecular complexity index is 693. The Labute approximate surface area is 170 Å². The number of fused-ring (bicyclic) bond motifs is 1. The van der Waals surface area contributed by atoms with Gasteiger partial charge in [-0.2, -0.15) is 8.78 Å². The molecule has 29 heavy (non-hydrogen) atoms. The first-order valence-electron chi connectivity index (χ1n) is 10.1. The van der Waals surface area contributed by atoms with Crippen LogP contribution in [0.3, 0.4) is 0 Å². The third-order valence-corrected chi connectivity index (χ3v) is 5.89. The second-order valence-electron chi connectivity index (χ2n) is 7.83. The van der Waals surface area contributed by atoms with Gasteiger partial charge >= 0.3 is 11.9 Å². The molecule has 0 bridgehead atoms. The van der Waals surface area contributed by atoms with E-state index in [0.717, 1.165) is 0 Å². The fourth-order valence-electron chi connectivity index (χ4n) is 4.39. The fourth-order valence-corrected chi connectivity index (χ4v) is 4.39. The van der Waals surface area contributed by atoms with Crippen molar-refractivity contribution >= 4 is 5.97 Å². The number of carbonyl (C=O) groups is 1. The van der Waals surface area contributed by atoms with E-state index in [1.807, 2.05) is 6.92 Å². The number of ether oxygens (including phenoxy) is 1. The van der Waals surface area contributed by atoms with Gasteiger partial charge in [-0.25, -0.2) is 0 Å². The molecule has 7 atom stereocenters. The summed E-state index contributed by atoms with van der Waals surface area (Å²) in [7, 11) is 0. The molecule has 5 nitrogen and oxygen atoms in total. The van der Waals surface area contributed by atoms with E-state index >= 15 is 8.78 Å². The fraction of sp³-hybridized carbons (Fsp3) is 0.682. The van der Waals surface area contributed by atoms with Crippen molar-refractivity contribution in [2.75, 3.05) is 0 Å². The van der Waals surface area contributed by atoms with Crippen LogP contribution in [-0.4, -0.2) is 45.5 Å². The summed E-state index contributed by atoms with van der Waals surface area (Å²) in [4.78, 5) is 10.6. The molecule has 162 valence electrons. The van der Waals surface area contributed by atoms with Crippen molar-refractivity contribution in [3.63, 3.8) is 0 Å². The Hall–Kier alpha value is -1.91. The van der Waals surface area contributed by atoms with E-state index in [-0.39, 0.29) is 25.7 Å². The standard InChI is InChI=1S/C22H30F2O5/c1-4-6-9-14(13(3)15(25)5-2)20-16(26)12-17-21(20)22(23,24)18(29-17)10-7-8-11-19(27)28/h5,10,13-17,20-21,25-26H,2,4,7-8,11-12H2,1,3H3,(H,27,28)/t13?,14?,15-,16-,17+,20+,21+/m1/s1. The molecule has 2 unspecified atom stereocenters. The second kappa shape index (κ2) is 9.73. The maximum Gasteiger partial charge on any atom is 0.310 e.